The van der Waals surface area contributed by atoms with E-state index in [1.54, 1.807) is 10.5 Å². The molecule has 156 valence electrons. The summed E-state index contributed by atoms with van der Waals surface area (Å²) < 4.78 is 1.64. The van der Waals surface area contributed by atoms with E-state index in [2.05, 4.69) is 40.5 Å². The summed E-state index contributed by atoms with van der Waals surface area (Å²) in [5.74, 6) is 0.712. The number of para-hydroxylation sites is 1. The third-order valence-corrected chi connectivity index (χ3v) is 6.22. The lowest BCUT2D eigenvalue weighted by atomic mass is 10.1. The number of aryl methyl sites for hydroxylation is 1. The third-order valence-electron chi connectivity index (χ3n) is 5.61. The monoisotopic (exact) mass is 429 g/mol. The molecule has 2 aromatic carbocycles. The van der Waals surface area contributed by atoms with Gasteiger partial charge in [-0.3, -0.25) is 14.3 Å². The van der Waals surface area contributed by atoms with Crippen molar-refractivity contribution in [2.24, 2.45) is 5.14 Å². The first-order valence-electron chi connectivity index (χ1n) is 10.2. The van der Waals surface area contributed by atoms with Gasteiger partial charge in [-0.1, -0.05) is 36.4 Å². The normalized spacial score (nSPS) is 12.9. The van der Waals surface area contributed by atoms with Crippen LogP contribution in [0.15, 0.2) is 76.6 Å². The van der Waals surface area contributed by atoms with Gasteiger partial charge < -0.3 is 10.2 Å². The SMILES string of the molecule is Cc1cc(CNc2ccccc2SN)c2nc(N3Cc4ccccc4C3)cc(=O)n2c1. The number of fused-ring (bicyclic) bond motifs is 2. The second kappa shape index (κ2) is 8.09. The minimum Gasteiger partial charge on any atom is -0.380 e. The topological polar surface area (TPSA) is 75.7 Å². The van der Waals surface area contributed by atoms with Crippen molar-refractivity contribution in [1.82, 2.24) is 9.38 Å². The Morgan fingerprint density at radius 3 is 2.52 bits per heavy atom. The summed E-state index contributed by atoms with van der Waals surface area (Å²) in [5.41, 5.74) is 6.11. The highest BCUT2D eigenvalue weighted by molar-refractivity contribution is 7.97. The number of hydrogen-bond donors (Lipinski definition) is 2. The Bertz CT molecular complexity index is 1310. The highest BCUT2D eigenvalue weighted by Gasteiger charge is 2.21. The molecule has 0 atom stereocenters. The summed E-state index contributed by atoms with van der Waals surface area (Å²) in [6.07, 6.45) is 1.85. The molecule has 4 aromatic rings. The van der Waals surface area contributed by atoms with Crippen LogP contribution < -0.4 is 20.9 Å². The van der Waals surface area contributed by atoms with Crippen LogP contribution in [0.25, 0.3) is 5.65 Å². The van der Waals surface area contributed by atoms with Crippen LogP contribution in [0.3, 0.4) is 0 Å². The summed E-state index contributed by atoms with van der Waals surface area (Å²) in [6.45, 7) is 4.06. The first-order chi connectivity index (χ1) is 15.1. The van der Waals surface area contributed by atoms with Gasteiger partial charge in [0, 0.05) is 48.0 Å². The molecule has 6 nitrogen and oxygen atoms in total. The predicted octanol–water partition coefficient (Wildman–Crippen LogP) is 4.10. The van der Waals surface area contributed by atoms with E-state index in [1.807, 2.05) is 37.4 Å². The maximum atomic E-state index is 13.0. The molecule has 0 saturated carbocycles. The lowest BCUT2D eigenvalue weighted by molar-refractivity contribution is 0.846. The summed E-state index contributed by atoms with van der Waals surface area (Å²) in [4.78, 5) is 21.0. The molecule has 0 amide bonds. The van der Waals surface area contributed by atoms with E-state index in [4.69, 9.17) is 10.1 Å². The first kappa shape index (κ1) is 19.7. The highest BCUT2D eigenvalue weighted by Crippen LogP contribution is 2.27. The fraction of sp³-hybridized carbons (Fsp3) is 0.167. The molecule has 7 heteroatoms. The molecule has 0 spiro atoms. The zero-order valence-electron chi connectivity index (χ0n) is 17.2. The highest BCUT2D eigenvalue weighted by atomic mass is 32.2. The average Bonchev–Trinajstić information content (AvgIpc) is 3.22. The summed E-state index contributed by atoms with van der Waals surface area (Å²) in [5, 5.41) is 9.25. The number of pyridine rings is 1. The van der Waals surface area contributed by atoms with Crippen LogP contribution in [-0.2, 0) is 19.6 Å². The predicted molar refractivity (Wildman–Crippen MR) is 126 cm³/mol. The number of anilines is 2. The molecular weight excluding hydrogens is 406 g/mol. The van der Waals surface area contributed by atoms with Crippen LogP contribution in [0.5, 0.6) is 0 Å². The Balaban J connectivity index is 1.52. The van der Waals surface area contributed by atoms with Crippen molar-refractivity contribution < 1.29 is 0 Å². The Kier molecular flexibility index (Phi) is 5.13. The van der Waals surface area contributed by atoms with Gasteiger partial charge in [0.05, 0.1) is 0 Å². The first-order valence-corrected chi connectivity index (χ1v) is 11.0. The number of nitrogens with zero attached hydrogens (tertiary/aromatic N) is 3. The molecule has 0 fully saturated rings. The van der Waals surface area contributed by atoms with Crippen molar-refractivity contribution in [3.63, 3.8) is 0 Å². The van der Waals surface area contributed by atoms with Gasteiger partial charge in [0.15, 0.2) is 0 Å². The molecule has 0 bridgehead atoms. The summed E-state index contributed by atoms with van der Waals surface area (Å²) in [6, 6.07) is 20.0. The van der Waals surface area contributed by atoms with Crippen molar-refractivity contribution >= 4 is 29.1 Å². The summed E-state index contributed by atoms with van der Waals surface area (Å²) in [7, 11) is 0. The molecule has 5 rings (SSSR count). The second-order valence-corrected chi connectivity index (χ2v) is 8.46. The Morgan fingerprint density at radius 1 is 1.06 bits per heavy atom. The maximum absolute atomic E-state index is 13.0. The zero-order chi connectivity index (χ0) is 21.4. The van der Waals surface area contributed by atoms with E-state index in [9.17, 15) is 4.79 Å². The fourth-order valence-electron chi connectivity index (χ4n) is 4.10. The van der Waals surface area contributed by atoms with Gasteiger partial charge in [0.25, 0.3) is 5.56 Å². The number of hydrogen-bond acceptors (Lipinski definition) is 6. The van der Waals surface area contributed by atoms with E-state index in [0.717, 1.165) is 34.8 Å². The minimum absolute atomic E-state index is 0.0705. The third kappa shape index (κ3) is 3.78. The van der Waals surface area contributed by atoms with E-state index in [-0.39, 0.29) is 5.56 Å². The van der Waals surface area contributed by atoms with Gasteiger partial charge in [-0.05, 0) is 53.8 Å². The smallest absolute Gasteiger partial charge is 0.259 e. The molecule has 1 aliphatic heterocycles. The standard InChI is InChI=1S/C24H23N5OS/c1-16-10-19(12-26-20-8-4-5-9-21(20)31-25)24-27-22(11-23(30)29(24)13-16)28-14-17-6-2-3-7-18(17)15-28/h2-11,13,26H,12,14-15,25H2,1H3. The average molecular weight is 430 g/mol. The molecule has 2 aromatic heterocycles. The van der Waals surface area contributed by atoms with E-state index >= 15 is 0 Å². The fourth-order valence-corrected chi connectivity index (χ4v) is 4.53. The number of benzene rings is 2. The van der Waals surface area contributed by atoms with Crippen molar-refractivity contribution in [2.45, 2.75) is 31.5 Å². The zero-order valence-corrected chi connectivity index (χ0v) is 18.0. The lowest BCUT2D eigenvalue weighted by Gasteiger charge is -2.18. The molecule has 3 heterocycles. The van der Waals surface area contributed by atoms with Crippen LogP contribution in [0.1, 0.15) is 22.3 Å². The van der Waals surface area contributed by atoms with Crippen LogP contribution in [0.4, 0.5) is 11.5 Å². The molecule has 1 aliphatic rings. The van der Waals surface area contributed by atoms with Gasteiger partial charge in [-0.25, -0.2) is 4.98 Å². The van der Waals surface area contributed by atoms with Crippen LogP contribution >= 0.6 is 11.9 Å². The van der Waals surface area contributed by atoms with E-state index in [1.165, 1.54) is 23.1 Å². The van der Waals surface area contributed by atoms with Crippen LogP contribution in [0, 0.1) is 6.92 Å². The van der Waals surface area contributed by atoms with Gasteiger partial charge in [-0.15, -0.1) is 0 Å². The van der Waals surface area contributed by atoms with E-state index in [0.29, 0.717) is 18.0 Å². The molecule has 0 aliphatic carbocycles. The number of aromatic nitrogens is 2. The Labute approximate surface area is 184 Å². The number of rotatable bonds is 5. The minimum atomic E-state index is -0.0705. The van der Waals surface area contributed by atoms with Gasteiger partial charge in [0.1, 0.15) is 11.5 Å². The van der Waals surface area contributed by atoms with Gasteiger partial charge in [0.2, 0.25) is 0 Å². The largest absolute Gasteiger partial charge is 0.380 e. The molecule has 0 saturated heterocycles. The Hall–Kier alpha value is -3.29. The van der Waals surface area contributed by atoms with Gasteiger partial charge >= 0.3 is 0 Å². The molecule has 0 unspecified atom stereocenters. The maximum Gasteiger partial charge on any atom is 0.259 e. The van der Waals surface area contributed by atoms with Crippen molar-refractivity contribution in [3.05, 3.63) is 99.5 Å². The van der Waals surface area contributed by atoms with Crippen molar-refractivity contribution in [3.8, 4) is 0 Å². The number of nitrogens with one attached hydrogen (secondary N) is 1. The molecular formula is C24H23N5OS. The van der Waals surface area contributed by atoms with Crippen LogP contribution in [-0.4, -0.2) is 9.38 Å². The lowest BCUT2D eigenvalue weighted by Crippen LogP contribution is -2.23. The van der Waals surface area contributed by atoms with E-state index < -0.39 is 0 Å². The number of nitrogens with two attached hydrogens (primary N) is 1. The molecule has 3 N–H and O–H groups in total. The second-order valence-electron chi connectivity index (χ2n) is 7.78. The van der Waals surface area contributed by atoms with Crippen molar-refractivity contribution in [1.29, 1.82) is 0 Å². The quantitative estimate of drug-likeness (QED) is 0.465. The van der Waals surface area contributed by atoms with Gasteiger partial charge in [-0.2, -0.15) is 0 Å². The molecule has 31 heavy (non-hydrogen) atoms. The van der Waals surface area contributed by atoms with Crippen molar-refractivity contribution in [2.75, 3.05) is 10.2 Å². The summed E-state index contributed by atoms with van der Waals surface area (Å²) >= 11 is 1.21. The van der Waals surface area contributed by atoms with Crippen LogP contribution in [0.2, 0.25) is 0 Å². The molecule has 0 radical (unpaired) electrons. The Morgan fingerprint density at radius 2 is 1.77 bits per heavy atom.